The number of ether oxygens (including phenoxy) is 1. The van der Waals surface area contributed by atoms with Gasteiger partial charge in [0, 0.05) is 29.6 Å². The van der Waals surface area contributed by atoms with Crippen LogP contribution < -0.4 is 15.6 Å². The van der Waals surface area contributed by atoms with Gasteiger partial charge in [0.05, 0.1) is 18.5 Å². The number of carbonyl (C=O) groups excluding carboxylic acids is 1. The van der Waals surface area contributed by atoms with Crippen LogP contribution in [0.15, 0.2) is 47.3 Å². The van der Waals surface area contributed by atoms with Crippen LogP contribution in [0.5, 0.6) is 5.75 Å². The topological polar surface area (TPSA) is 102 Å². The van der Waals surface area contributed by atoms with E-state index < -0.39 is 0 Å². The molecule has 0 saturated carbocycles. The molecule has 2 aromatic heterocycles. The first-order valence-corrected chi connectivity index (χ1v) is 10.9. The molecule has 4 aromatic rings. The summed E-state index contributed by atoms with van der Waals surface area (Å²) in [7, 11) is 1.67. The van der Waals surface area contributed by atoms with E-state index in [9.17, 15) is 9.59 Å². The summed E-state index contributed by atoms with van der Waals surface area (Å²) >= 11 is 0. The molecule has 0 radical (unpaired) electrons. The molecule has 1 unspecified atom stereocenters. The number of aromatic amines is 1. The number of fused-ring (bicyclic) bond motifs is 4. The average Bonchev–Trinajstić information content (AvgIpc) is 3.19. The summed E-state index contributed by atoms with van der Waals surface area (Å²) in [6, 6.07) is 13.1. The fraction of sp³-hybridized carbons (Fsp3) is 0.333. The second-order valence-electron chi connectivity index (χ2n) is 8.18. The van der Waals surface area contributed by atoms with Crippen molar-refractivity contribution in [3.05, 3.63) is 64.1 Å². The van der Waals surface area contributed by atoms with Crippen molar-refractivity contribution in [2.45, 2.75) is 44.7 Å². The van der Waals surface area contributed by atoms with Crippen LogP contribution in [-0.4, -0.2) is 33.0 Å². The van der Waals surface area contributed by atoms with Crippen molar-refractivity contribution in [2.24, 2.45) is 0 Å². The van der Waals surface area contributed by atoms with Gasteiger partial charge in [-0.3, -0.25) is 9.59 Å². The fourth-order valence-electron chi connectivity index (χ4n) is 4.54. The maximum atomic E-state index is 12.7. The standard InChI is InChI=1S/C24H25N5O3/c1-32-15-11-12-19-18(14-15)16-7-4-9-21(23(16)26-19)25-22(30)10-5-13-29-24(31)17-6-2-3-8-20(17)27-28-29/h2-3,6,8,11-12,14,21,26H,4-5,7,9-10,13H2,1H3,(H,25,30). The van der Waals surface area contributed by atoms with Crippen molar-refractivity contribution in [3.63, 3.8) is 0 Å². The number of amides is 1. The minimum Gasteiger partial charge on any atom is -0.497 e. The highest BCUT2D eigenvalue weighted by atomic mass is 16.5. The Morgan fingerprint density at radius 1 is 1.25 bits per heavy atom. The molecule has 0 spiro atoms. The molecule has 32 heavy (non-hydrogen) atoms. The van der Waals surface area contributed by atoms with Gasteiger partial charge in [0.2, 0.25) is 5.91 Å². The molecule has 0 bridgehead atoms. The quantitative estimate of drug-likeness (QED) is 0.488. The van der Waals surface area contributed by atoms with Crippen molar-refractivity contribution in [2.75, 3.05) is 7.11 Å². The van der Waals surface area contributed by atoms with E-state index in [0.717, 1.165) is 41.6 Å². The van der Waals surface area contributed by atoms with E-state index in [1.165, 1.54) is 10.2 Å². The SMILES string of the molecule is COc1ccc2[nH]c3c(c2c1)CCCC3NC(=O)CCCn1nnc2ccccc2c1=O. The van der Waals surface area contributed by atoms with Gasteiger partial charge in [-0.05, 0) is 61.6 Å². The van der Waals surface area contributed by atoms with Gasteiger partial charge in [-0.25, -0.2) is 4.68 Å². The highest BCUT2D eigenvalue weighted by molar-refractivity contribution is 5.87. The lowest BCUT2D eigenvalue weighted by molar-refractivity contribution is -0.122. The first kappa shape index (κ1) is 20.2. The maximum absolute atomic E-state index is 12.7. The Labute approximate surface area is 184 Å². The molecule has 5 rings (SSSR count). The third-order valence-electron chi connectivity index (χ3n) is 6.15. The van der Waals surface area contributed by atoms with Gasteiger partial charge >= 0.3 is 0 Å². The number of carbonyl (C=O) groups is 1. The number of methoxy groups -OCH3 is 1. The first-order chi connectivity index (χ1) is 15.6. The van der Waals surface area contributed by atoms with E-state index in [1.54, 1.807) is 19.2 Å². The Morgan fingerprint density at radius 3 is 3.00 bits per heavy atom. The number of H-pyrrole nitrogens is 1. The van der Waals surface area contributed by atoms with E-state index in [0.29, 0.717) is 30.3 Å². The van der Waals surface area contributed by atoms with E-state index >= 15 is 0 Å². The number of hydrogen-bond acceptors (Lipinski definition) is 5. The van der Waals surface area contributed by atoms with Crippen molar-refractivity contribution < 1.29 is 9.53 Å². The molecule has 1 aliphatic rings. The normalized spacial score (nSPS) is 15.6. The molecule has 1 aliphatic carbocycles. The van der Waals surface area contributed by atoms with Crippen LogP contribution in [0.4, 0.5) is 0 Å². The Morgan fingerprint density at radius 2 is 2.12 bits per heavy atom. The molecule has 1 atom stereocenters. The van der Waals surface area contributed by atoms with Gasteiger partial charge in [-0.1, -0.05) is 17.3 Å². The number of benzene rings is 2. The minimum atomic E-state index is -0.179. The Kier molecular flexibility index (Phi) is 5.34. The molecule has 2 N–H and O–H groups in total. The first-order valence-electron chi connectivity index (χ1n) is 10.9. The number of aromatic nitrogens is 4. The average molecular weight is 431 g/mol. The molecule has 1 amide bonds. The van der Waals surface area contributed by atoms with Crippen LogP contribution in [0.25, 0.3) is 21.8 Å². The summed E-state index contributed by atoms with van der Waals surface area (Å²) in [4.78, 5) is 28.7. The Bertz CT molecular complexity index is 1360. The molecular formula is C24H25N5O3. The zero-order chi connectivity index (χ0) is 22.1. The van der Waals surface area contributed by atoms with Gasteiger partial charge in [0.25, 0.3) is 5.56 Å². The van der Waals surface area contributed by atoms with Crippen LogP contribution in [-0.2, 0) is 17.8 Å². The number of nitrogens with one attached hydrogen (secondary N) is 2. The minimum absolute atomic E-state index is 0.0270. The largest absolute Gasteiger partial charge is 0.497 e. The summed E-state index contributed by atoms with van der Waals surface area (Å²) in [5.41, 5.74) is 3.81. The van der Waals surface area contributed by atoms with Crippen molar-refractivity contribution in [3.8, 4) is 5.75 Å². The maximum Gasteiger partial charge on any atom is 0.277 e. The number of nitrogens with zero attached hydrogens (tertiary/aromatic N) is 3. The molecule has 8 heteroatoms. The number of aryl methyl sites for hydroxylation is 2. The van der Waals surface area contributed by atoms with Gasteiger partial charge in [-0.15, -0.1) is 5.10 Å². The van der Waals surface area contributed by atoms with Crippen LogP contribution in [0, 0.1) is 0 Å². The molecular weight excluding hydrogens is 406 g/mol. The summed E-state index contributed by atoms with van der Waals surface area (Å²) in [6.45, 7) is 0.353. The predicted molar refractivity (Wildman–Crippen MR) is 122 cm³/mol. The molecule has 164 valence electrons. The lowest BCUT2D eigenvalue weighted by Crippen LogP contribution is -2.31. The van der Waals surface area contributed by atoms with E-state index in [-0.39, 0.29) is 17.5 Å². The molecule has 8 nitrogen and oxygen atoms in total. The fourth-order valence-corrected chi connectivity index (χ4v) is 4.54. The molecule has 0 aliphatic heterocycles. The second-order valence-corrected chi connectivity index (χ2v) is 8.18. The van der Waals surface area contributed by atoms with Crippen molar-refractivity contribution in [1.82, 2.24) is 25.3 Å². The third-order valence-corrected chi connectivity index (χ3v) is 6.15. The van der Waals surface area contributed by atoms with Crippen LogP contribution in [0.3, 0.4) is 0 Å². The Hall–Kier alpha value is -3.68. The van der Waals surface area contributed by atoms with E-state index in [2.05, 4.69) is 26.7 Å². The summed E-state index contributed by atoms with van der Waals surface area (Å²) in [6.07, 6.45) is 3.74. The monoisotopic (exact) mass is 431 g/mol. The van der Waals surface area contributed by atoms with Gasteiger partial charge < -0.3 is 15.0 Å². The number of hydrogen-bond donors (Lipinski definition) is 2. The summed E-state index contributed by atoms with van der Waals surface area (Å²) in [5, 5.41) is 13.0. The van der Waals surface area contributed by atoms with E-state index in [4.69, 9.17) is 4.74 Å². The van der Waals surface area contributed by atoms with Crippen molar-refractivity contribution >= 4 is 27.7 Å². The lowest BCUT2D eigenvalue weighted by atomic mass is 9.91. The highest BCUT2D eigenvalue weighted by Gasteiger charge is 2.25. The third kappa shape index (κ3) is 3.72. The van der Waals surface area contributed by atoms with Crippen LogP contribution in [0.1, 0.15) is 43.0 Å². The highest BCUT2D eigenvalue weighted by Crippen LogP contribution is 2.36. The lowest BCUT2D eigenvalue weighted by Gasteiger charge is -2.24. The van der Waals surface area contributed by atoms with Gasteiger partial charge in [0.15, 0.2) is 0 Å². The number of rotatable bonds is 6. The molecule has 2 aromatic carbocycles. The molecule has 2 heterocycles. The van der Waals surface area contributed by atoms with Gasteiger partial charge in [-0.2, -0.15) is 0 Å². The smallest absolute Gasteiger partial charge is 0.277 e. The van der Waals surface area contributed by atoms with E-state index in [1.807, 2.05) is 24.3 Å². The summed E-state index contributed by atoms with van der Waals surface area (Å²) < 4.78 is 6.70. The zero-order valence-electron chi connectivity index (χ0n) is 17.9. The molecule has 0 fully saturated rings. The predicted octanol–water partition coefficient (Wildman–Crippen LogP) is 3.26. The van der Waals surface area contributed by atoms with Crippen LogP contribution >= 0.6 is 0 Å². The Balaban J connectivity index is 1.25. The van der Waals surface area contributed by atoms with Gasteiger partial charge in [0.1, 0.15) is 11.3 Å². The zero-order valence-corrected chi connectivity index (χ0v) is 17.9. The van der Waals surface area contributed by atoms with Crippen molar-refractivity contribution in [1.29, 1.82) is 0 Å². The van der Waals surface area contributed by atoms with Crippen LogP contribution in [0.2, 0.25) is 0 Å². The second kappa shape index (κ2) is 8.45. The molecule has 0 saturated heterocycles. The summed E-state index contributed by atoms with van der Waals surface area (Å²) in [5.74, 6) is 0.804.